The van der Waals surface area contributed by atoms with Crippen LogP contribution in [0.4, 0.5) is 5.69 Å². The summed E-state index contributed by atoms with van der Waals surface area (Å²) in [6.45, 7) is 1.22. The summed E-state index contributed by atoms with van der Waals surface area (Å²) >= 11 is 0. The number of ether oxygens (including phenoxy) is 2. The van der Waals surface area contributed by atoms with Crippen LogP contribution in [0.5, 0.6) is 11.5 Å². The standard InChI is InChI=1S/C26H28N2O3/c1-30-20-14-15-22(25(17-20)31-2)24-13-8-16-28(24)18-26(29)27-23-12-7-6-11-21(23)19-9-4-3-5-10-19/h3-7,9-12,14-15,17,24H,8,13,16,18H2,1-2H3,(H,27,29)/t24-/m0/s1. The third-order valence-corrected chi connectivity index (χ3v) is 5.80. The van der Waals surface area contributed by atoms with Gasteiger partial charge in [-0.1, -0.05) is 54.6 Å². The summed E-state index contributed by atoms with van der Waals surface area (Å²) in [7, 11) is 3.32. The molecule has 4 rings (SSSR count). The lowest BCUT2D eigenvalue weighted by molar-refractivity contribution is -0.117. The Kier molecular flexibility index (Phi) is 6.53. The molecule has 0 spiro atoms. The van der Waals surface area contributed by atoms with Crippen molar-refractivity contribution in [3.63, 3.8) is 0 Å². The Morgan fingerprint density at radius 1 is 1.00 bits per heavy atom. The topological polar surface area (TPSA) is 50.8 Å². The van der Waals surface area contributed by atoms with Crippen LogP contribution in [0.25, 0.3) is 11.1 Å². The molecule has 1 fully saturated rings. The van der Waals surface area contributed by atoms with Gasteiger partial charge in [0.05, 0.1) is 20.8 Å². The van der Waals surface area contributed by atoms with E-state index in [-0.39, 0.29) is 11.9 Å². The first kappa shape index (κ1) is 20.9. The molecule has 3 aromatic carbocycles. The van der Waals surface area contributed by atoms with Gasteiger partial charge in [0.15, 0.2) is 0 Å². The number of nitrogens with zero attached hydrogens (tertiary/aromatic N) is 1. The molecule has 0 aliphatic carbocycles. The lowest BCUT2D eigenvalue weighted by Gasteiger charge is -2.26. The van der Waals surface area contributed by atoms with Gasteiger partial charge in [-0.2, -0.15) is 0 Å². The van der Waals surface area contributed by atoms with E-state index in [0.29, 0.717) is 6.54 Å². The van der Waals surface area contributed by atoms with Gasteiger partial charge in [-0.25, -0.2) is 0 Å². The van der Waals surface area contributed by atoms with E-state index in [1.807, 2.05) is 60.7 Å². The van der Waals surface area contributed by atoms with Crippen molar-refractivity contribution in [3.05, 3.63) is 78.4 Å². The molecule has 1 aliphatic heterocycles. The number of rotatable bonds is 7. The van der Waals surface area contributed by atoms with Gasteiger partial charge in [0.2, 0.25) is 5.91 Å². The zero-order chi connectivity index (χ0) is 21.6. The van der Waals surface area contributed by atoms with Crippen LogP contribution in [0.1, 0.15) is 24.4 Å². The Balaban J connectivity index is 1.50. The second-order valence-corrected chi connectivity index (χ2v) is 7.70. The molecule has 3 aromatic rings. The molecular formula is C26H28N2O3. The maximum atomic E-state index is 13.0. The average Bonchev–Trinajstić information content (AvgIpc) is 3.27. The van der Waals surface area contributed by atoms with E-state index in [1.54, 1.807) is 14.2 Å². The number of anilines is 1. The monoisotopic (exact) mass is 416 g/mol. The van der Waals surface area contributed by atoms with Crippen LogP contribution >= 0.6 is 0 Å². The van der Waals surface area contributed by atoms with Gasteiger partial charge < -0.3 is 14.8 Å². The fraction of sp³-hybridized carbons (Fsp3) is 0.269. The molecule has 1 saturated heterocycles. The molecule has 1 amide bonds. The molecule has 160 valence electrons. The summed E-state index contributed by atoms with van der Waals surface area (Å²) in [6.07, 6.45) is 2.05. The Labute approximate surface area is 183 Å². The summed E-state index contributed by atoms with van der Waals surface area (Å²) in [5.41, 5.74) is 4.03. The van der Waals surface area contributed by atoms with Crippen molar-refractivity contribution in [1.29, 1.82) is 0 Å². The molecule has 0 unspecified atom stereocenters. The fourth-order valence-electron chi connectivity index (χ4n) is 4.30. The first-order chi connectivity index (χ1) is 15.2. The van der Waals surface area contributed by atoms with E-state index in [2.05, 4.69) is 22.3 Å². The van der Waals surface area contributed by atoms with E-state index >= 15 is 0 Å². The number of methoxy groups -OCH3 is 2. The summed E-state index contributed by atoms with van der Waals surface area (Å²) in [5, 5.41) is 3.12. The number of carbonyl (C=O) groups excluding carboxylic acids is 1. The van der Waals surface area contributed by atoms with Crippen molar-refractivity contribution in [2.75, 3.05) is 32.6 Å². The Bertz CT molecular complexity index is 1040. The molecule has 0 radical (unpaired) electrons. The summed E-state index contributed by atoms with van der Waals surface area (Å²) in [5.74, 6) is 1.55. The van der Waals surface area contributed by atoms with Crippen molar-refractivity contribution >= 4 is 11.6 Å². The van der Waals surface area contributed by atoms with Crippen LogP contribution in [0.15, 0.2) is 72.8 Å². The zero-order valence-electron chi connectivity index (χ0n) is 18.0. The third-order valence-electron chi connectivity index (χ3n) is 5.80. The zero-order valence-corrected chi connectivity index (χ0v) is 18.0. The molecule has 1 heterocycles. The second-order valence-electron chi connectivity index (χ2n) is 7.70. The minimum absolute atomic E-state index is 0.0113. The van der Waals surface area contributed by atoms with Gasteiger partial charge >= 0.3 is 0 Å². The number of likely N-dealkylation sites (tertiary alicyclic amines) is 1. The number of nitrogens with one attached hydrogen (secondary N) is 1. The smallest absolute Gasteiger partial charge is 0.238 e. The van der Waals surface area contributed by atoms with Crippen molar-refractivity contribution in [1.82, 2.24) is 4.90 Å². The van der Waals surface area contributed by atoms with Gasteiger partial charge in [0, 0.05) is 28.9 Å². The van der Waals surface area contributed by atoms with Gasteiger partial charge in [-0.05, 0) is 37.1 Å². The molecular weight excluding hydrogens is 388 g/mol. The molecule has 0 bridgehead atoms. The van der Waals surface area contributed by atoms with Gasteiger partial charge in [0.1, 0.15) is 11.5 Å². The number of hydrogen-bond acceptors (Lipinski definition) is 4. The van der Waals surface area contributed by atoms with Crippen molar-refractivity contribution in [3.8, 4) is 22.6 Å². The highest BCUT2D eigenvalue weighted by atomic mass is 16.5. The van der Waals surface area contributed by atoms with Crippen LogP contribution in [-0.2, 0) is 4.79 Å². The third kappa shape index (κ3) is 4.72. The second kappa shape index (κ2) is 9.67. The highest BCUT2D eigenvalue weighted by Crippen LogP contribution is 2.38. The minimum atomic E-state index is -0.0113. The van der Waals surface area contributed by atoms with E-state index < -0.39 is 0 Å². The maximum absolute atomic E-state index is 13.0. The van der Waals surface area contributed by atoms with Gasteiger partial charge in [-0.15, -0.1) is 0 Å². The molecule has 1 atom stereocenters. The van der Waals surface area contributed by atoms with Gasteiger partial charge in [0.25, 0.3) is 0 Å². The van der Waals surface area contributed by atoms with Crippen LogP contribution < -0.4 is 14.8 Å². The molecule has 1 aliphatic rings. The fourth-order valence-corrected chi connectivity index (χ4v) is 4.30. The predicted octanol–water partition coefficient (Wildman–Crippen LogP) is 5.15. The maximum Gasteiger partial charge on any atom is 0.238 e. The molecule has 0 saturated carbocycles. The molecule has 5 nitrogen and oxygen atoms in total. The van der Waals surface area contributed by atoms with E-state index in [4.69, 9.17) is 9.47 Å². The quantitative estimate of drug-likeness (QED) is 0.579. The SMILES string of the molecule is COc1ccc([C@@H]2CCCN2CC(=O)Nc2ccccc2-c2ccccc2)c(OC)c1. The number of hydrogen-bond donors (Lipinski definition) is 1. The Morgan fingerprint density at radius 2 is 1.77 bits per heavy atom. The minimum Gasteiger partial charge on any atom is -0.497 e. The Morgan fingerprint density at radius 3 is 2.55 bits per heavy atom. The number of carbonyl (C=O) groups is 1. The first-order valence-electron chi connectivity index (χ1n) is 10.6. The van der Waals surface area contributed by atoms with E-state index in [1.165, 1.54) is 0 Å². The number of amides is 1. The highest BCUT2D eigenvalue weighted by molar-refractivity contribution is 5.96. The van der Waals surface area contributed by atoms with E-state index in [9.17, 15) is 4.79 Å². The van der Waals surface area contributed by atoms with Crippen molar-refractivity contribution < 1.29 is 14.3 Å². The van der Waals surface area contributed by atoms with Crippen LogP contribution in [0, 0.1) is 0 Å². The Hall–Kier alpha value is -3.31. The molecule has 5 heteroatoms. The summed E-state index contributed by atoms with van der Waals surface area (Å²) in [6, 6.07) is 24.1. The average molecular weight is 417 g/mol. The van der Waals surface area contributed by atoms with Crippen LogP contribution in [0.3, 0.4) is 0 Å². The molecule has 1 N–H and O–H groups in total. The summed E-state index contributed by atoms with van der Waals surface area (Å²) < 4.78 is 10.9. The lowest BCUT2D eigenvalue weighted by atomic mass is 10.0. The largest absolute Gasteiger partial charge is 0.497 e. The molecule has 0 aromatic heterocycles. The number of benzene rings is 3. The first-order valence-corrected chi connectivity index (χ1v) is 10.6. The van der Waals surface area contributed by atoms with E-state index in [0.717, 1.165) is 53.3 Å². The molecule has 31 heavy (non-hydrogen) atoms. The number of para-hydroxylation sites is 1. The normalized spacial score (nSPS) is 16.1. The summed E-state index contributed by atoms with van der Waals surface area (Å²) in [4.78, 5) is 15.2. The predicted molar refractivity (Wildman–Crippen MR) is 124 cm³/mol. The van der Waals surface area contributed by atoms with Crippen molar-refractivity contribution in [2.24, 2.45) is 0 Å². The van der Waals surface area contributed by atoms with Crippen molar-refractivity contribution in [2.45, 2.75) is 18.9 Å². The highest BCUT2D eigenvalue weighted by Gasteiger charge is 2.30. The van der Waals surface area contributed by atoms with Gasteiger partial charge in [-0.3, -0.25) is 9.69 Å². The van der Waals surface area contributed by atoms with Crippen LogP contribution in [-0.4, -0.2) is 38.1 Å². The lowest BCUT2D eigenvalue weighted by Crippen LogP contribution is -2.33. The van der Waals surface area contributed by atoms with Crippen LogP contribution in [0.2, 0.25) is 0 Å².